The molecule has 1 nitrogen and oxygen atoms in total. The molecule has 0 heterocycles. The Morgan fingerprint density at radius 2 is 2.07 bits per heavy atom. The summed E-state index contributed by atoms with van der Waals surface area (Å²) in [5.41, 5.74) is 1.28. The average molecular weight is 210 g/mol. The molecule has 0 aliphatic rings. The van der Waals surface area contributed by atoms with Crippen LogP contribution < -0.4 is 5.32 Å². The van der Waals surface area contributed by atoms with Gasteiger partial charge in [0.15, 0.2) is 0 Å². The highest BCUT2D eigenvalue weighted by atomic mass is 35.5. The van der Waals surface area contributed by atoms with Crippen molar-refractivity contribution in [2.45, 2.75) is 19.4 Å². The Morgan fingerprint density at radius 1 is 1.43 bits per heavy atom. The van der Waals surface area contributed by atoms with E-state index in [1.54, 1.807) is 0 Å². The van der Waals surface area contributed by atoms with Gasteiger partial charge in [0.25, 0.3) is 0 Å². The van der Waals surface area contributed by atoms with Crippen LogP contribution in [0.5, 0.6) is 0 Å². The monoisotopic (exact) mass is 209 g/mol. The van der Waals surface area contributed by atoms with E-state index in [9.17, 15) is 0 Å². The molecule has 0 aromatic heterocycles. The Kier molecular flexibility index (Phi) is 4.71. The summed E-state index contributed by atoms with van der Waals surface area (Å²) >= 11 is 5.83. The maximum atomic E-state index is 5.83. The summed E-state index contributed by atoms with van der Waals surface area (Å²) in [6, 6.07) is 8.37. The van der Waals surface area contributed by atoms with E-state index >= 15 is 0 Å². The lowest BCUT2D eigenvalue weighted by Gasteiger charge is -2.16. The van der Waals surface area contributed by atoms with Crippen LogP contribution in [0.3, 0.4) is 0 Å². The van der Waals surface area contributed by atoms with Gasteiger partial charge in [0.1, 0.15) is 0 Å². The Hall–Kier alpha value is -0.790. The highest BCUT2D eigenvalue weighted by molar-refractivity contribution is 6.30. The second kappa shape index (κ2) is 5.84. The topological polar surface area (TPSA) is 12.0 Å². The Labute approximate surface area is 90.8 Å². The minimum Gasteiger partial charge on any atom is -0.306 e. The van der Waals surface area contributed by atoms with E-state index in [0.717, 1.165) is 18.0 Å². The molecule has 2 heteroatoms. The van der Waals surface area contributed by atoms with Crippen molar-refractivity contribution in [2.24, 2.45) is 0 Å². The van der Waals surface area contributed by atoms with Crippen molar-refractivity contribution in [2.75, 3.05) is 6.54 Å². The lowest BCUT2D eigenvalue weighted by Crippen LogP contribution is -2.20. The molecule has 0 amide bonds. The van der Waals surface area contributed by atoms with Gasteiger partial charge in [-0.25, -0.2) is 0 Å². The molecular formula is C12H16ClN. The zero-order valence-corrected chi connectivity index (χ0v) is 9.22. The molecule has 0 fully saturated rings. The maximum Gasteiger partial charge on any atom is 0.0406 e. The zero-order chi connectivity index (χ0) is 10.4. The SMILES string of the molecule is C=CCN[C@H](CC)c1ccc(Cl)cc1. The van der Waals surface area contributed by atoms with E-state index < -0.39 is 0 Å². The van der Waals surface area contributed by atoms with Crippen LogP contribution in [-0.2, 0) is 0 Å². The van der Waals surface area contributed by atoms with Crippen molar-refractivity contribution >= 4 is 11.6 Å². The van der Waals surface area contributed by atoms with E-state index in [0.29, 0.717) is 6.04 Å². The lowest BCUT2D eigenvalue weighted by molar-refractivity contribution is 0.551. The number of hydrogen-bond acceptors (Lipinski definition) is 1. The molecule has 1 aromatic carbocycles. The van der Waals surface area contributed by atoms with E-state index in [2.05, 4.69) is 31.0 Å². The van der Waals surface area contributed by atoms with Crippen LogP contribution in [-0.4, -0.2) is 6.54 Å². The van der Waals surface area contributed by atoms with Gasteiger partial charge in [0, 0.05) is 17.6 Å². The summed E-state index contributed by atoms with van der Waals surface area (Å²) in [5.74, 6) is 0. The third kappa shape index (κ3) is 3.17. The molecule has 1 rings (SSSR count). The molecule has 0 saturated heterocycles. The molecule has 1 aromatic rings. The summed E-state index contributed by atoms with van der Waals surface area (Å²) in [7, 11) is 0. The van der Waals surface area contributed by atoms with Crippen molar-refractivity contribution in [3.05, 3.63) is 47.5 Å². The smallest absolute Gasteiger partial charge is 0.0406 e. The molecule has 0 radical (unpaired) electrons. The minimum absolute atomic E-state index is 0.394. The van der Waals surface area contributed by atoms with Gasteiger partial charge >= 0.3 is 0 Å². The van der Waals surface area contributed by atoms with Crippen LogP contribution in [0, 0.1) is 0 Å². The molecule has 0 saturated carbocycles. The fourth-order valence-corrected chi connectivity index (χ4v) is 1.54. The average Bonchev–Trinajstić information content (AvgIpc) is 2.21. The van der Waals surface area contributed by atoms with Crippen LogP contribution in [0.15, 0.2) is 36.9 Å². The highest BCUT2D eigenvalue weighted by Crippen LogP contribution is 2.18. The van der Waals surface area contributed by atoms with Crippen LogP contribution >= 0.6 is 11.6 Å². The Bertz CT molecular complexity index is 279. The minimum atomic E-state index is 0.394. The van der Waals surface area contributed by atoms with Crippen molar-refractivity contribution in [3.63, 3.8) is 0 Å². The van der Waals surface area contributed by atoms with Gasteiger partial charge in [0.2, 0.25) is 0 Å². The molecule has 0 aliphatic carbocycles. The number of hydrogen-bond donors (Lipinski definition) is 1. The standard InChI is InChI=1S/C12H16ClN/c1-3-9-14-12(4-2)10-5-7-11(13)8-6-10/h3,5-8,12,14H,1,4,9H2,2H3/t12-/m1/s1. The number of nitrogens with one attached hydrogen (secondary N) is 1. The third-order valence-corrected chi connectivity index (χ3v) is 2.44. The van der Waals surface area contributed by atoms with Gasteiger partial charge in [-0.2, -0.15) is 0 Å². The van der Waals surface area contributed by atoms with Crippen LogP contribution in [0.25, 0.3) is 0 Å². The van der Waals surface area contributed by atoms with Crippen molar-refractivity contribution < 1.29 is 0 Å². The molecule has 0 aliphatic heterocycles. The van der Waals surface area contributed by atoms with Gasteiger partial charge in [-0.3, -0.25) is 0 Å². The second-order valence-electron chi connectivity index (χ2n) is 3.21. The molecule has 0 bridgehead atoms. The first-order valence-corrected chi connectivity index (χ1v) is 5.25. The number of rotatable bonds is 5. The number of halogens is 1. The van der Waals surface area contributed by atoms with Crippen molar-refractivity contribution in [3.8, 4) is 0 Å². The fraction of sp³-hybridized carbons (Fsp3) is 0.333. The molecule has 1 atom stereocenters. The molecular weight excluding hydrogens is 194 g/mol. The van der Waals surface area contributed by atoms with Crippen LogP contribution in [0.4, 0.5) is 0 Å². The van der Waals surface area contributed by atoms with Crippen molar-refractivity contribution in [1.29, 1.82) is 0 Å². The summed E-state index contributed by atoms with van der Waals surface area (Å²) < 4.78 is 0. The Balaban J connectivity index is 2.68. The number of benzene rings is 1. The highest BCUT2D eigenvalue weighted by Gasteiger charge is 2.06. The first-order valence-electron chi connectivity index (χ1n) is 4.87. The summed E-state index contributed by atoms with van der Waals surface area (Å²) in [4.78, 5) is 0. The summed E-state index contributed by atoms with van der Waals surface area (Å²) in [6.45, 7) is 6.69. The predicted molar refractivity (Wildman–Crippen MR) is 62.7 cm³/mol. The summed E-state index contributed by atoms with van der Waals surface area (Å²) in [6.07, 6.45) is 2.94. The molecule has 0 unspecified atom stereocenters. The molecule has 1 N–H and O–H groups in total. The van der Waals surface area contributed by atoms with E-state index in [1.165, 1.54) is 5.56 Å². The molecule has 0 spiro atoms. The second-order valence-corrected chi connectivity index (χ2v) is 3.65. The van der Waals surface area contributed by atoms with Gasteiger partial charge in [-0.1, -0.05) is 36.7 Å². The molecule has 14 heavy (non-hydrogen) atoms. The van der Waals surface area contributed by atoms with Crippen LogP contribution in [0.2, 0.25) is 5.02 Å². The van der Waals surface area contributed by atoms with E-state index in [4.69, 9.17) is 11.6 Å². The van der Waals surface area contributed by atoms with E-state index in [1.807, 2.05) is 18.2 Å². The lowest BCUT2D eigenvalue weighted by atomic mass is 10.0. The van der Waals surface area contributed by atoms with Gasteiger partial charge < -0.3 is 5.32 Å². The summed E-state index contributed by atoms with van der Waals surface area (Å²) in [5, 5.41) is 4.18. The van der Waals surface area contributed by atoms with Crippen LogP contribution in [0.1, 0.15) is 24.9 Å². The van der Waals surface area contributed by atoms with Crippen molar-refractivity contribution in [1.82, 2.24) is 5.32 Å². The quantitative estimate of drug-likeness (QED) is 0.732. The third-order valence-electron chi connectivity index (χ3n) is 2.19. The maximum absolute atomic E-state index is 5.83. The normalized spacial score (nSPS) is 12.4. The first kappa shape index (κ1) is 11.3. The van der Waals surface area contributed by atoms with Gasteiger partial charge in [-0.15, -0.1) is 6.58 Å². The van der Waals surface area contributed by atoms with Gasteiger partial charge in [-0.05, 0) is 24.1 Å². The largest absolute Gasteiger partial charge is 0.306 e. The Morgan fingerprint density at radius 3 is 2.57 bits per heavy atom. The molecule has 76 valence electrons. The van der Waals surface area contributed by atoms with Gasteiger partial charge in [0.05, 0.1) is 0 Å². The fourth-order valence-electron chi connectivity index (χ4n) is 1.42. The predicted octanol–water partition coefficient (Wildman–Crippen LogP) is 3.57. The first-order chi connectivity index (χ1) is 6.77. The zero-order valence-electron chi connectivity index (χ0n) is 8.46. The van der Waals surface area contributed by atoms with E-state index in [-0.39, 0.29) is 0 Å².